The van der Waals surface area contributed by atoms with Crippen LogP contribution in [0.4, 0.5) is 5.95 Å². The van der Waals surface area contributed by atoms with E-state index in [1.807, 2.05) is 29.3 Å². The molecule has 0 aliphatic heterocycles. The molecule has 0 spiro atoms. The number of fused-ring (bicyclic) bond motifs is 1. The van der Waals surface area contributed by atoms with Gasteiger partial charge in [0, 0.05) is 18.4 Å². The zero-order valence-electron chi connectivity index (χ0n) is 14.9. The lowest BCUT2D eigenvalue weighted by atomic mass is 9.91. The number of aromatic nitrogens is 5. The topological polar surface area (TPSA) is 106 Å². The first kappa shape index (κ1) is 17.8. The van der Waals surface area contributed by atoms with Crippen molar-refractivity contribution in [2.24, 2.45) is 0 Å². The molecule has 1 aromatic carbocycles. The molecule has 0 bridgehead atoms. The molecule has 9 nitrogen and oxygen atoms in total. The first-order valence-electron chi connectivity index (χ1n) is 8.85. The maximum Gasteiger partial charge on any atom is 0.246 e. The van der Waals surface area contributed by atoms with Crippen LogP contribution in [-0.4, -0.2) is 51.8 Å². The molecule has 4 rings (SSSR count). The van der Waals surface area contributed by atoms with Crippen molar-refractivity contribution in [1.82, 2.24) is 29.8 Å². The van der Waals surface area contributed by atoms with Crippen LogP contribution in [-0.2, 0) is 10.0 Å². The third-order valence-corrected chi connectivity index (χ3v) is 5.48. The largest absolute Gasteiger partial charge is 0.246 e. The Hall–Kier alpha value is -2.59. The first-order chi connectivity index (χ1) is 13.0. The van der Waals surface area contributed by atoms with Gasteiger partial charge in [-0.3, -0.25) is 0 Å². The van der Waals surface area contributed by atoms with E-state index in [1.165, 1.54) is 6.26 Å². The molecular formula is C17H21N7O2S. The molecule has 3 aromatic rings. The minimum Gasteiger partial charge on any atom is -0.227 e. The van der Waals surface area contributed by atoms with Gasteiger partial charge in [0.1, 0.15) is 11.0 Å². The molecule has 2 heterocycles. The second kappa shape index (κ2) is 7.20. The summed E-state index contributed by atoms with van der Waals surface area (Å²) in [6.45, 7) is 0. The molecular weight excluding hydrogens is 366 g/mol. The minimum absolute atomic E-state index is 0.0396. The van der Waals surface area contributed by atoms with Crippen LogP contribution in [0.15, 0.2) is 42.7 Å². The summed E-state index contributed by atoms with van der Waals surface area (Å²) in [5.41, 5.74) is 1.67. The highest BCUT2D eigenvalue weighted by Gasteiger charge is 2.31. The summed E-state index contributed by atoms with van der Waals surface area (Å²) in [5, 5.41) is 10.5. The van der Waals surface area contributed by atoms with Crippen molar-refractivity contribution in [1.29, 1.82) is 0 Å². The molecule has 0 atom stereocenters. The maximum absolute atomic E-state index is 11.5. The van der Waals surface area contributed by atoms with Gasteiger partial charge in [-0.25, -0.2) is 28.1 Å². The van der Waals surface area contributed by atoms with Crippen LogP contribution >= 0.6 is 0 Å². The molecule has 2 aromatic heterocycles. The lowest BCUT2D eigenvalue weighted by Gasteiger charge is -2.36. The predicted molar refractivity (Wildman–Crippen MR) is 101 cm³/mol. The van der Waals surface area contributed by atoms with Gasteiger partial charge in [-0.05, 0) is 49.1 Å². The molecule has 1 saturated carbocycles. The van der Waals surface area contributed by atoms with Gasteiger partial charge >= 0.3 is 0 Å². The predicted octanol–water partition coefficient (Wildman–Crippen LogP) is 1.35. The standard InChI is InChI=1S/C17H21N7O2S/c1-27(25,26)21-13-7-9-14(10-8-13)23(17-18-11-4-12-19-17)24-16-6-3-2-5-15(16)20-22-24/h2-6,11-14,21H,7-10H2,1H3. The summed E-state index contributed by atoms with van der Waals surface area (Å²) in [6.07, 6.45) is 7.67. The van der Waals surface area contributed by atoms with Crippen LogP contribution in [0.3, 0.4) is 0 Å². The van der Waals surface area contributed by atoms with Crippen LogP contribution < -0.4 is 9.73 Å². The van der Waals surface area contributed by atoms with Gasteiger partial charge in [-0.15, -0.1) is 9.89 Å². The van der Waals surface area contributed by atoms with Gasteiger partial charge < -0.3 is 0 Å². The second-order valence-corrected chi connectivity index (χ2v) is 8.54. The Morgan fingerprint density at radius 2 is 1.78 bits per heavy atom. The van der Waals surface area contributed by atoms with E-state index < -0.39 is 10.0 Å². The summed E-state index contributed by atoms with van der Waals surface area (Å²) < 4.78 is 25.7. The van der Waals surface area contributed by atoms with E-state index >= 15 is 0 Å². The van der Waals surface area contributed by atoms with Gasteiger partial charge in [0.05, 0.1) is 12.3 Å². The van der Waals surface area contributed by atoms with Crippen molar-refractivity contribution in [2.75, 3.05) is 11.3 Å². The number of nitrogens with one attached hydrogen (secondary N) is 1. The van der Waals surface area contributed by atoms with Crippen molar-refractivity contribution in [3.8, 4) is 0 Å². The van der Waals surface area contributed by atoms with E-state index in [1.54, 1.807) is 23.3 Å². The van der Waals surface area contributed by atoms with E-state index in [-0.39, 0.29) is 12.1 Å². The SMILES string of the molecule is CS(=O)(=O)NC1CCC(N(c2ncccn2)n2nnc3ccccc32)CC1. The quantitative estimate of drug-likeness (QED) is 0.704. The first-order valence-corrected chi connectivity index (χ1v) is 10.7. The van der Waals surface area contributed by atoms with Crippen LogP contribution in [0.5, 0.6) is 0 Å². The van der Waals surface area contributed by atoms with E-state index in [4.69, 9.17) is 0 Å². The van der Waals surface area contributed by atoms with E-state index in [9.17, 15) is 8.42 Å². The summed E-state index contributed by atoms with van der Waals surface area (Å²) >= 11 is 0. The van der Waals surface area contributed by atoms with Gasteiger partial charge in [-0.1, -0.05) is 12.1 Å². The highest BCUT2D eigenvalue weighted by Crippen LogP contribution is 2.27. The molecule has 1 aliphatic carbocycles. The average Bonchev–Trinajstić information content (AvgIpc) is 3.07. The molecule has 142 valence electrons. The molecule has 10 heteroatoms. The number of hydrogen-bond donors (Lipinski definition) is 1. The number of rotatable bonds is 5. The number of sulfonamides is 1. The number of hydrogen-bond acceptors (Lipinski definition) is 7. The highest BCUT2D eigenvalue weighted by molar-refractivity contribution is 7.88. The van der Waals surface area contributed by atoms with Crippen LogP contribution in [0.2, 0.25) is 0 Å². The molecule has 1 N–H and O–H groups in total. The normalized spacial score (nSPS) is 20.6. The van der Waals surface area contributed by atoms with Gasteiger partial charge in [-0.2, -0.15) is 0 Å². The molecule has 0 amide bonds. The third kappa shape index (κ3) is 3.91. The van der Waals surface area contributed by atoms with Crippen molar-refractivity contribution in [3.05, 3.63) is 42.7 Å². The smallest absolute Gasteiger partial charge is 0.227 e. The number of nitrogens with zero attached hydrogens (tertiary/aromatic N) is 6. The summed E-state index contributed by atoms with van der Waals surface area (Å²) in [4.78, 5) is 10.6. The number of benzene rings is 1. The van der Waals surface area contributed by atoms with Crippen molar-refractivity contribution in [2.45, 2.75) is 37.8 Å². The molecule has 1 fully saturated rings. The average molecular weight is 387 g/mol. The maximum atomic E-state index is 11.5. The molecule has 1 aliphatic rings. The number of para-hydroxylation sites is 1. The van der Waals surface area contributed by atoms with Gasteiger partial charge in [0.15, 0.2) is 0 Å². The number of anilines is 1. The van der Waals surface area contributed by atoms with Crippen molar-refractivity contribution in [3.63, 3.8) is 0 Å². The van der Waals surface area contributed by atoms with Crippen LogP contribution in [0.1, 0.15) is 25.7 Å². The van der Waals surface area contributed by atoms with Gasteiger partial charge in [0.25, 0.3) is 0 Å². The molecule has 0 radical (unpaired) electrons. The molecule has 0 saturated heterocycles. The Bertz CT molecular complexity index is 1010. The third-order valence-electron chi connectivity index (χ3n) is 4.72. The summed E-state index contributed by atoms with van der Waals surface area (Å²) in [5.74, 6) is 0.549. The summed E-state index contributed by atoms with van der Waals surface area (Å²) in [7, 11) is -3.20. The molecule has 0 unspecified atom stereocenters. The fraction of sp³-hybridized carbons (Fsp3) is 0.412. The highest BCUT2D eigenvalue weighted by atomic mass is 32.2. The summed E-state index contributed by atoms with van der Waals surface area (Å²) in [6, 6.07) is 9.56. The fourth-order valence-corrected chi connectivity index (χ4v) is 4.41. The fourth-order valence-electron chi connectivity index (χ4n) is 3.57. The zero-order valence-corrected chi connectivity index (χ0v) is 15.7. The molecule has 27 heavy (non-hydrogen) atoms. The van der Waals surface area contributed by atoms with Crippen molar-refractivity contribution < 1.29 is 8.42 Å². The van der Waals surface area contributed by atoms with E-state index in [0.29, 0.717) is 5.95 Å². The Morgan fingerprint density at radius 3 is 2.48 bits per heavy atom. The van der Waals surface area contributed by atoms with Gasteiger partial charge in [0.2, 0.25) is 16.0 Å². The Kier molecular flexibility index (Phi) is 4.75. The van der Waals surface area contributed by atoms with E-state index in [2.05, 4.69) is 25.0 Å². The Morgan fingerprint density at radius 1 is 1.07 bits per heavy atom. The second-order valence-electron chi connectivity index (χ2n) is 6.76. The Balaban J connectivity index is 1.64. The van der Waals surface area contributed by atoms with Crippen LogP contribution in [0, 0.1) is 0 Å². The Labute approximate surface area is 157 Å². The monoisotopic (exact) mass is 387 g/mol. The lowest BCUT2D eigenvalue weighted by Crippen LogP contribution is -2.47. The lowest BCUT2D eigenvalue weighted by molar-refractivity contribution is 0.335. The zero-order chi connectivity index (χ0) is 18.9. The van der Waals surface area contributed by atoms with E-state index in [0.717, 1.165) is 36.7 Å². The van der Waals surface area contributed by atoms with Crippen molar-refractivity contribution >= 4 is 27.0 Å². The minimum atomic E-state index is -3.20. The van der Waals surface area contributed by atoms with Crippen LogP contribution in [0.25, 0.3) is 11.0 Å².